The molecule has 1 aromatic heterocycles. The van der Waals surface area contributed by atoms with Crippen LogP contribution in [0.25, 0.3) is 0 Å². The normalized spacial score (nSPS) is 23.4. The molecule has 0 spiro atoms. The quantitative estimate of drug-likeness (QED) is 0.436. The van der Waals surface area contributed by atoms with Crippen LogP contribution in [0.1, 0.15) is 25.8 Å². The first kappa shape index (κ1) is 25.0. The number of methoxy groups -OCH3 is 2. The summed E-state index contributed by atoms with van der Waals surface area (Å²) in [4.78, 5) is 40.2. The third kappa shape index (κ3) is 7.12. The van der Waals surface area contributed by atoms with E-state index in [1.54, 1.807) is 38.4 Å². The third-order valence-electron chi connectivity index (χ3n) is 4.89. The van der Waals surface area contributed by atoms with Crippen LogP contribution in [-0.4, -0.2) is 62.5 Å². The van der Waals surface area contributed by atoms with Crippen molar-refractivity contribution < 1.29 is 37.5 Å². The molecule has 10 nitrogen and oxygen atoms in total. The highest BCUT2D eigenvalue weighted by atomic mass is 31.2. The minimum absolute atomic E-state index is 0.000150. The summed E-state index contributed by atoms with van der Waals surface area (Å²) in [5.41, 5.74) is -0.00756. The predicted molar refractivity (Wildman–Crippen MR) is 110 cm³/mol. The molecule has 1 unspecified atom stereocenters. The van der Waals surface area contributed by atoms with Crippen molar-refractivity contribution in [3.05, 3.63) is 30.1 Å². The van der Waals surface area contributed by atoms with E-state index in [2.05, 4.69) is 15.0 Å². The zero-order valence-electron chi connectivity index (χ0n) is 18.2. The molecule has 1 aliphatic heterocycles. The first-order valence-electron chi connectivity index (χ1n) is 9.83. The Hall–Kier alpha value is -2.29. The first-order chi connectivity index (χ1) is 14.6. The van der Waals surface area contributed by atoms with Crippen LogP contribution < -0.4 is 5.32 Å². The number of aromatic nitrogens is 1. The number of rotatable bonds is 9. The third-order valence-corrected chi connectivity index (χ3v) is 6.83. The Morgan fingerprint density at radius 1 is 1.32 bits per heavy atom. The molecule has 3 atom stereocenters. The van der Waals surface area contributed by atoms with Gasteiger partial charge in [0.1, 0.15) is 0 Å². The Labute approximate surface area is 181 Å². The number of nitrogens with zero attached hydrogens (tertiary/aromatic N) is 1. The van der Waals surface area contributed by atoms with E-state index in [0.717, 1.165) is 5.56 Å². The number of carbonyl (C=O) groups is 3. The van der Waals surface area contributed by atoms with Crippen molar-refractivity contribution in [2.75, 3.05) is 33.5 Å². The van der Waals surface area contributed by atoms with Crippen LogP contribution in [0.3, 0.4) is 0 Å². The lowest BCUT2D eigenvalue weighted by Gasteiger charge is -2.40. The summed E-state index contributed by atoms with van der Waals surface area (Å²) in [6, 6.07) is 3.53. The summed E-state index contributed by atoms with van der Waals surface area (Å²) in [7, 11) is -1.29. The standard InChI is InChI=1S/C20H29N2O8P/c1-20(2)13-29-31(26,30-17(20)18(24)22-9-7-16(23)27-3)12-15(19(25)28-4)10-14-6-5-8-21-11-14/h5-6,8,11,15,17H,7,9-10,12-13H2,1-4H3,(H,22,24)/t15-,17+,31?/m1/s1. The first-order valence-corrected chi connectivity index (χ1v) is 11.6. The molecule has 1 aliphatic rings. The molecule has 1 N–H and O–H groups in total. The van der Waals surface area contributed by atoms with Crippen molar-refractivity contribution in [3.8, 4) is 0 Å². The van der Waals surface area contributed by atoms with Gasteiger partial charge in [0, 0.05) is 24.4 Å². The molecule has 172 valence electrons. The maximum absolute atomic E-state index is 13.4. The number of esters is 2. The Bertz CT molecular complexity index is 830. The van der Waals surface area contributed by atoms with Crippen LogP contribution in [0.2, 0.25) is 0 Å². The van der Waals surface area contributed by atoms with Gasteiger partial charge in [-0.15, -0.1) is 0 Å². The minimum atomic E-state index is -3.79. The number of amides is 1. The van der Waals surface area contributed by atoms with E-state index >= 15 is 0 Å². The number of carbonyl (C=O) groups excluding carboxylic acids is 3. The average Bonchev–Trinajstić information content (AvgIpc) is 2.75. The molecule has 1 fully saturated rings. The van der Waals surface area contributed by atoms with Gasteiger partial charge in [-0.1, -0.05) is 19.9 Å². The summed E-state index contributed by atoms with van der Waals surface area (Å²) >= 11 is 0. The van der Waals surface area contributed by atoms with E-state index in [1.807, 2.05) is 0 Å². The minimum Gasteiger partial charge on any atom is -0.469 e. The van der Waals surface area contributed by atoms with E-state index < -0.39 is 42.9 Å². The zero-order valence-corrected chi connectivity index (χ0v) is 19.1. The topological polar surface area (TPSA) is 130 Å². The summed E-state index contributed by atoms with van der Waals surface area (Å²) in [6.07, 6.45) is 2.13. The molecule has 1 amide bonds. The number of hydrogen-bond acceptors (Lipinski definition) is 9. The largest absolute Gasteiger partial charge is 0.469 e. The molecule has 0 aliphatic carbocycles. The highest BCUT2D eigenvalue weighted by Gasteiger charge is 2.49. The van der Waals surface area contributed by atoms with E-state index in [9.17, 15) is 18.9 Å². The van der Waals surface area contributed by atoms with Crippen molar-refractivity contribution in [1.29, 1.82) is 0 Å². The molecule has 0 bridgehead atoms. The van der Waals surface area contributed by atoms with Crippen molar-refractivity contribution in [3.63, 3.8) is 0 Å². The van der Waals surface area contributed by atoms with Crippen LogP contribution in [-0.2, 0) is 43.9 Å². The lowest BCUT2D eigenvalue weighted by atomic mass is 9.87. The van der Waals surface area contributed by atoms with Gasteiger partial charge < -0.3 is 19.3 Å². The summed E-state index contributed by atoms with van der Waals surface area (Å²) in [5.74, 6) is -2.34. The maximum atomic E-state index is 13.4. The molecular formula is C20H29N2O8P. The van der Waals surface area contributed by atoms with Crippen LogP contribution in [0, 0.1) is 11.3 Å². The second-order valence-electron chi connectivity index (χ2n) is 7.94. The SMILES string of the molecule is COC(=O)CCNC(=O)[C@@H]1OP(=O)(C[C@@H](Cc2cccnc2)C(=O)OC)OCC1(C)C. The second-order valence-corrected chi connectivity index (χ2v) is 10.00. The van der Waals surface area contributed by atoms with Crippen molar-refractivity contribution in [1.82, 2.24) is 10.3 Å². The molecule has 2 heterocycles. The van der Waals surface area contributed by atoms with Gasteiger partial charge in [0.2, 0.25) is 5.91 Å². The van der Waals surface area contributed by atoms with E-state index in [0.29, 0.717) is 0 Å². The van der Waals surface area contributed by atoms with Crippen LogP contribution >= 0.6 is 7.60 Å². The highest BCUT2D eigenvalue weighted by Crippen LogP contribution is 2.57. The molecule has 2 rings (SSSR count). The Balaban J connectivity index is 2.11. The molecular weight excluding hydrogens is 427 g/mol. The maximum Gasteiger partial charge on any atom is 0.332 e. The van der Waals surface area contributed by atoms with E-state index in [4.69, 9.17) is 13.8 Å². The van der Waals surface area contributed by atoms with E-state index in [-0.39, 0.29) is 32.2 Å². The van der Waals surface area contributed by atoms with Gasteiger partial charge in [-0.25, -0.2) is 0 Å². The Morgan fingerprint density at radius 2 is 2.06 bits per heavy atom. The summed E-state index contributed by atoms with van der Waals surface area (Å²) in [5, 5.41) is 2.60. The second kappa shape index (κ2) is 10.8. The molecule has 1 saturated heterocycles. The number of ether oxygens (including phenoxy) is 2. The van der Waals surface area contributed by atoms with Gasteiger partial charge in [0.05, 0.1) is 39.3 Å². The molecule has 31 heavy (non-hydrogen) atoms. The van der Waals surface area contributed by atoms with Crippen molar-refractivity contribution in [2.45, 2.75) is 32.8 Å². The lowest BCUT2D eigenvalue weighted by Crippen LogP contribution is -2.50. The highest BCUT2D eigenvalue weighted by molar-refractivity contribution is 7.54. The Morgan fingerprint density at radius 3 is 2.68 bits per heavy atom. The van der Waals surface area contributed by atoms with Gasteiger partial charge in [0.25, 0.3) is 0 Å². The fourth-order valence-electron chi connectivity index (χ4n) is 3.12. The van der Waals surface area contributed by atoms with Gasteiger partial charge >= 0.3 is 19.5 Å². The Kier molecular flexibility index (Phi) is 8.73. The average molecular weight is 456 g/mol. The monoisotopic (exact) mass is 456 g/mol. The number of hydrogen-bond donors (Lipinski definition) is 1. The van der Waals surface area contributed by atoms with Gasteiger partial charge in [-0.2, -0.15) is 0 Å². The molecule has 11 heteroatoms. The molecule has 0 aromatic carbocycles. The molecule has 0 radical (unpaired) electrons. The van der Waals surface area contributed by atoms with E-state index in [1.165, 1.54) is 14.2 Å². The fraction of sp³-hybridized carbons (Fsp3) is 0.600. The van der Waals surface area contributed by atoms with Crippen LogP contribution in [0.5, 0.6) is 0 Å². The number of pyridine rings is 1. The number of nitrogens with one attached hydrogen (secondary N) is 1. The smallest absolute Gasteiger partial charge is 0.332 e. The van der Waals surface area contributed by atoms with Gasteiger partial charge in [-0.3, -0.25) is 28.5 Å². The summed E-state index contributed by atoms with van der Waals surface area (Å²) < 4.78 is 34.0. The van der Waals surface area contributed by atoms with Crippen LogP contribution in [0.4, 0.5) is 0 Å². The van der Waals surface area contributed by atoms with Crippen molar-refractivity contribution >= 4 is 25.4 Å². The molecule has 0 saturated carbocycles. The van der Waals surface area contributed by atoms with Gasteiger partial charge in [-0.05, 0) is 18.1 Å². The zero-order chi connectivity index (χ0) is 23.1. The van der Waals surface area contributed by atoms with Crippen LogP contribution in [0.15, 0.2) is 24.5 Å². The lowest BCUT2D eigenvalue weighted by molar-refractivity contribution is -0.145. The van der Waals surface area contributed by atoms with Gasteiger partial charge in [0.15, 0.2) is 6.10 Å². The predicted octanol–water partition coefficient (Wildman–Crippen LogP) is 1.73. The van der Waals surface area contributed by atoms with Crippen molar-refractivity contribution in [2.24, 2.45) is 11.3 Å². The summed E-state index contributed by atoms with van der Waals surface area (Å²) in [6.45, 7) is 3.54. The fourth-order valence-corrected chi connectivity index (χ4v) is 5.42. The molecule has 1 aromatic rings.